The predicted octanol–water partition coefficient (Wildman–Crippen LogP) is -1.92. The number of hydrogen-bond acceptors (Lipinski definition) is 4. The van der Waals surface area contributed by atoms with Crippen LogP contribution < -0.4 is 37.9 Å². The van der Waals surface area contributed by atoms with Crippen LogP contribution in [0.5, 0.6) is 0 Å². The van der Waals surface area contributed by atoms with Crippen LogP contribution in [-0.2, 0) is 11.3 Å². The summed E-state index contributed by atoms with van der Waals surface area (Å²) >= 11 is 0.933. The van der Waals surface area contributed by atoms with E-state index in [1.165, 1.54) is 6.92 Å². The van der Waals surface area contributed by atoms with Crippen molar-refractivity contribution in [3.05, 3.63) is 60.4 Å². The van der Waals surface area contributed by atoms with Crippen molar-refractivity contribution in [2.24, 2.45) is 5.73 Å². The maximum absolute atomic E-state index is 12.3. The van der Waals surface area contributed by atoms with Crippen LogP contribution in [0.2, 0.25) is 0 Å². The van der Waals surface area contributed by atoms with E-state index in [0.717, 1.165) is 11.8 Å². The molecular weight excluding hydrogens is 432 g/mol. The van der Waals surface area contributed by atoms with Crippen molar-refractivity contribution in [2.45, 2.75) is 24.4 Å². The summed E-state index contributed by atoms with van der Waals surface area (Å²) in [5.74, 6) is -1.08. The molecule has 0 saturated carbocycles. The summed E-state index contributed by atoms with van der Waals surface area (Å²) < 4.78 is 1.96. The van der Waals surface area contributed by atoms with Crippen LogP contribution in [0.3, 0.4) is 0 Å². The van der Waals surface area contributed by atoms with Gasteiger partial charge >= 0.3 is 0 Å². The van der Waals surface area contributed by atoms with Crippen LogP contribution in [0.1, 0.15) is 17.3 Å². The van der Waals surface area contributed by atoms with Gasteiger partial charge in [0.1, 0.15) is 6.04 Å². The summed E-state index contributed by atoms with van der Waals surface area (Å²) in [5, 5.41) is 5.05. The molecule has 27 heavy (non-hydrogen) atoms. The molecule has 0 radical (unpaired) electrons. The normalized spacial score (nSPS) is 11.0. The molecule has 4 N–H and O–H groups in total. The zero-order chi connectivity index (χ0) is 18.9. The number of amides is 3. The topological polar surface area (TPSA) is 105 Å². The molecule has 1 heterocycles. The Hall–Kier alpha value is -2.39. The van der Waals surface area contributed by atoms with Gasteiger partial charge in [0.15, 0.2) is 18.9 Å². The number of hydrogen-bond donors (Lipinski definition) is 3. The van der Waals surface area contributed by atoms with Crippen molar-refractivity contribution in [3.8, 4) is 0 Å². The zero-order valence-electron chi connectivity index (χ0n) is 14.7. The highest BCUT2D eigenvalue weighted by atomic mass is 79.9. The second-order valence-corrected chi connectivity index (χ2v) is 6.54. The van der Waals surface area contributed by atoms with Crippen LogP contribution >= 0.6 is 11.8 Å². The number of halogens is 1. The van der Waals surface area contributed by atoms with Gasteiger partial charge in [-0.2, -0.15) is 0 Å². The highest BCUT2D eigenvalue weighted by Gasteiger charge is 2.18. The van der Waals surface area contributed by atoms with E-state index in [-0.39, 0.29) is 22.2 Å². The average molecular weight is 453 g/mol. The second-order valence-electron chi connectivity index (χ2n) is 5.52. The second kappa shape index (κ2) is 11.3. The molecule has 0 aliphatic carbocycles. The quantitative estimate of drug-likeness (QED) is 0.336. The number of carbonyl (C=O) groups is 3. The summed E-state index contributed by atoms with van der Waals surface area (Å²) in [4.78, 5) is 36.0. The van der Waals surface area contributed by atoms with Gasteiger partial charge in [-0.1, -0.05) is 18.2 Å². The van der Waals surface area contributed by atoms with Crippen molar-refractivity contribution < 1.29 is 35.9 Å². The van der Waals surface area contributed by atoms with Gasteiger partial charge in [0.2, 0.25) is 5.91 Å². The monoisotopic (exact) mass is 452 g/mol. The fourth-order valence-corrected chi connectivity index (χ4v) is 2.89. The molecule has 9 heteroatoms. The zero-order valence-corrected chi connectivity index (χ0v) is 17.1. The van der Waals surface area contributed by atoms with Crippen LogP contribution in [0.4, 0.5) is 4.79 Å². The number of pyridine rings is 1. The van der Waals surface area contributed by atoms with Crippen LogP contribution in [0, 0.1) is 0 Å². The van der Waals surface area contributed by atoms with Crippen molar-refractivity contribution in [1.82, 2.24) is 10.6 Å². The van der Waals surface area contributed by atoms with E-state index in [4.69, 9.17) is 5.73 Å². The molecule has 2 rings (SSSR count). The van der Waals surface area contributed by atoms with Gasteiger partial charge in [0, 0.05) is 17.0 Å². The first-order valence-electron chi connectivity index (χ1n) is 8.06. The van der Waals surface area contributed by atoms with E-state index >= 15 is 0 Å². The third kappa shape index (κ3) is 7.40. The molecule has 1 aromatic heterocycles. The van der Waals surface area contributed by atoms with E-state index in [1.54, 1.807) is 24.3 Å². The molecule has 7 nitrogen and oxygen atoms in total. The summed E-state index contributed by atoms with van der Waals surface area (Å²) in [5.41, 5.74) is 5.48. The lowest BCUT2D eigenvalue weighted by molar-refractivity contribution is -0.694. The van der Waals surface area contributed by atoms with Crippen LogP contribution in [0.25, 0.3) is 0 Å². The van der Waals surface area contributed by atoms with Gasteiger partial charge in [0.05, 0.1) is 12.1 Å². The molecule has 1 aromatic carbocycles. The minimum Gasteiger partial charge on any atom is -1.00 e. The lowest BCUT2D eigenvalue weighted by atomic mass is 10.2. The number of aromatic nitrogens is 1. The highest BCUT2D eigenvalue weighted by molar-refractivity contribution is 8.13. The molecule has 0 bridgehead atoms. The maximum Gasteiger partial charge on any atom is 0.284 e. The van der Waals surface area contributed by atoms with Gasteiger partial charge in [-0.15, -0.1) is 0 Å². The molecule has 0 unspecified atom stereocenters. The summed E-state index contributed by atoms with van der Waals surface area (Å²) in [7, 11) is 0. The van der Waals surface area contributed by atoms with Gasteiger partial charge in [-0.3, -0.25) is 14.4 Å². The summed E-state index contributed by atoms with van der Waals surface area (Å²) in [6.45, 7) is 2.61. The first kappa shape index (κ1) is 22.7. The Morgan fingerprint density at radius 3 is 2.44 bits per heavy atom. The van der Waals surface area contributed by atoms with Crippen LogP contribution in [-0.4, -0.2) is 29.6 Å². The SMILES string of the molecule is C[C@H](NC(=O)c1ccccc1SC(=O)NCC[n+]1ccccc1)C(N)=O.[Br-]. The number of rotatable bonds is 7. The summed E-state index contributed by atoms with van der Waals surface area (Å²) in [6, 6.07) is 11.7. The van der Waals surface area contributed by atoms with Crippen LogP contribution in [0.15, 0.2) is 59.8 Å². The van der Waals surface area contributed by atoms with E-state index < -0.39 is 17.9 Å². The lowest BCUT2D eigenvalue weighted by Crippen LogP contribution is -3.00. The number of primary amides is 1. The predicted molar refractivity (Wildman–Crippen MR) is 98.5 cm³/mol. The van der Waals surface area contributed by atoms with Gasteiger partial charge < -0.3 is 33.3 Å². The Morgan fingerprint density at radius 1 is 1.11 bits per heavy atom. The number of benzene rings is 1. The lowest BCUT2D eigenvalue weighted by Gasteiger charge is -2.12. The minimum atomic E-state index is -0.794. The molecule has 0 fully saturated rings. The van der Waals surface area contributed by atoms with E-state index in [0.29, 0.717) is 23.5 Å². The number of carbonyl (C=O) groups excluding carboxylic acids is 3. The van der Waals surface area contributed by atoms with Gasteiger partial charge in [-0.25, -0.2) is 4.57 Å². The van der Waals surface area contributed by atoms with E-state index in [1.807, 2.05) is 35.2 Å². The first-order valence-corrected chi connectivity index (χ1v) is 8.88. The molecule has 3 amide bonds. The molecule has 0 aliphatic heterocycles. The van der Waals surface area contributed by atoms with Crippen molar-refractivity contribution >= 4 is 28.8 Å². The highest BCUT2D eigenvalue weighted by Crippen LogP contribution is 2.23. The largest absolute Gasteiger partial charge is 1.00 e. The Balaban J connectivity index is 0.00000364. The fraction of sp³-hybridized carbons (Fsp3) is 0.222. The smallest absolute Gasteiger partial charge is 0.284 e. The van der Waals surface area contributed by atoms with Crippen molar-refractivity contribution in [2.75, 3.05) is 6.54 Å². The number of thioether (sulfide) groups is 1. The third-order valence-electron chi connectivity index (χ3n) is 3.53. The number of nitrogens with zero attached hydrogens (tertiary/aromatic N) is 1. The van der Waals surface area contributed by atoms with Crippen molar-refractivity contribution in [1.29, 1.82) is 0 Å². The van der Waals surface area contributed by atoms with Gasteiger partial charge in [-0.05, 0) is 30.8 Å². The number of nitrogens with two attached hydrogens (primary N) is 1. The van der Waals surface area contributed by atoms with E-state index in [2.05, 4.69) is 10.6 Å². The minimum absolute atomic E-state index is 0. The molecule has 1 atom stereocenters. The molecule has 0 saturated heterocycles. The van der Waals surface area contributed by atoms with Gasteiger partial charge in [0.25, 0.3) is 11.1 Å². The Morgan fingerprint density at radius 2 is 1.78 bits per heavy atom. The summed E-state index contributed by atoms with van der Waals surface area (Å²) in [6.07, 6.45) is 3.83. The van der Waals surface area contributed by atoms with E-state index in [9.17, 15) is 14.4 Å². The maximum atomic E-state index is 12.3. The molecule has 0 spiro atoms. The molecule has 144 valence electrons. The number of nitrogens with one attached hydrogen (secondary N) is 2. The third-order valence-corrected chi connectivity index (χ3v) is 4.43. The van der Waals surface area contributed by atoms with Crippen molar-refractivity contribution in [3.63, 3.8) is 0 Å². The molecule has 2 aromatic rings. The fourth-order valence-electron chi connectivity index (χ4n) is 2.10. The Bertz CT molecular complexity index is 789. The Kier molecular flexibility index (Phi) is 9.52. The molecular formula is C18H21BrN4O3S. The Labute approximate surface area is 172 Å². The average Bonchev–Trinajstić information content (AvgIpc) is 2.62. The standard InChI is InChI=1S/C18H20N4O3S.BrH/c1-13(16(19)23)21-17(24)14-7-3-4-8-15(14)26-18(25)20-9-12-22-10-5-2-6-11-22;/h2-8,10-11,13H,9,12H2,1H3,(H3-,19,20,21,23,24,25);1H/t13-;/m0./s1. The molecule has 0 aliphatic rings. The first-order chi connectivity index (χ1) is 12.5.